The lowest BCUT2D eigenvalue weighted by Crippen LogP contribution is -2.14. The number of amides is 1. The summed E-state index contributed by atoms with van der Waals surface area (Å²) in [6, 6.07) is 11.9. The van der Waals surface area contributed by atoms with Crippen LogP contribution in [0, 0.1) is 20.8 Å². The Hall–Kier alpha value is -2.92. The third-order valence-electron chi connectivity index (χ3n) is 4.28. The molecule has 0 bridgehead atoms. The van der Waals surface area contributed by atoms with Crippen molar-refractivity contribution in [2.24, 2.45) is 0 Å². The second kappa shape index (κ2) is 8.18. The van der Waals surface area contributed by atoms with Gasteiger partial charge in [0.1, 0.15) is 0 Å². The molecule has 2 aromatic carbocycles. The number of nitrogens with zero attached hydrogens (tertiary/aromatic N) is 2. The molecule has 27 heavy (non-hydrogen) atoms. The highest BCUT2D eigenvalue weighted by molar-refractivity contribution is 6.34. The summed E-state index contributed by atoms with van der Waals surface area (Å²) in [5.41, 5.74) is 5.30. The van der Waals surface area contributed by atoms with Gasteiger partial charge in [0.25, 0.3) is 5.91 Å². The van der Waals surface area contributed by atoms with Crippen molar-refractivity contribution in [1.82, 2.24) is 9.97 Å². The summed E-state index contributed by atoms with van der Waals surface area (Å²) in [7, 11) is 0. The zero-order valence-corrected chi connectivity index (χ0v) is 16.3. The second-order valence-electron chi connectivity index (χ2n) is 6.47. The van der Waals surface area contributed by atoms with E-state index in [1.807, 2.05) is 38.1 Å². The van der Waals surface area contributed by atoms with Gasteiger partial charge in [-0.05, 0) is 49.1 Å². The summed E-state index contributed by atoms with van der Waals surface area (Å²) in [4.78, 5) is 20.9. The van der Waals surface area contributed by atoms with Crippen molar-refractivity contribution in [1.29, 1.82) is 0 Å². The molecule has 0 aliphatic carbocycles. The molecule has 1 amide bonds. The number of carbonyl (C=O) groups is 1. The molecule has 3 rings (SSSR count). The van der Waals surface area contributed by atoms with Crippen LogP contribution < -0.4 is 10.6 Å². The molecule has 2 N–H and O–H groups in total. The number of halogens is 1. The van der Waals surface area contributed by atoms with Gasteiger partial charge in [0.15, 0.2) is 0 Å². The van der Waals surface area contributed by atoms with Gasteiger partial charge in [0.2, 0.25) is 5.95 Å². The zero-order chi connectivity index (χ0) is 19.4. The Kier molecular flexibility index (Phi) is 5.72. The van der Waals surface area contributed by atoms with Gasteiger partial charge >= 0.3 is 0 Å². The third kappa shape index (κ3) is 4.63. The summed E-state index contributed by atoms with van der Waals surface area (Å²) < 4.78 is 0. The summed E-state index contributed by atoms with van der Waals surface area (Å²) in [6.45, 7) is 6.55. The highest BCUT2D eigenvalue weighted by Gasteiger charge is 2.12. The molecule has 1 aromatic heterocycles. The van der Waals surface area contributed by atoms with Crippen molar-refractivity contribution in [3.8, 4) is 0 Å². The predicted octanol–water partition coefficient (Wildman–Crippen LogP) is 4.92. The Labute approximate surface area is 163 Å². The number of hydrogen-bond acceptors (Lipinski definition) is 4. The lowest BCUT2D eigenvalue weighted by molar-refractivity contribution is 0.102. The molecule has 0 unspecified atom stereocenters. The Morgan fingerprint density at radius 2 is 1.74 bits per heavy atom. The van der Waals surface area contributed by atoms with Gasteiger partial charge in [-0.25, -0.2) is 9.97 Å². The summed E-state index contributed by atoms with van der Waals surface area (Å²) in [5.74, 6) is 0.175. The van der Waals surface area contributed by atoms with Crippen LogP contribution in [0.5, 0.6) is 0 Å². The minimum Gasteiger partial charge on any atom is -0.350 e. The Morgan fingerprint density at radius 1 is 1.04 bits per heavy atom. The summed E-state index contributed by atoms with van der Waals surface area (Å²) in [6.07, 6.45) is 3.00. The van der Waals surface area contributed by atoms with E-state index in [-0.39, 0.29) is 5.91 Å². The van der Waals surface area contributed by atoms with Crippen molar-refractivity contribution in [3.05, 3.63) is 81.6 Å². The predicted molar refractivity (Wildman–Crippen MR) is 109 cm³/mol. The molecule has 0 atom stereocenters. The maximum absolute atomic E-state index is 12.5. The fraction of sp³-hybridized carbons (Fsp3) is 0.190. The quantitative estimate of drug-likeness (QED) is 0.659. The molecule has 1 heterocycles. The van der Waals surface area contributed by atoms with Crippen LogP contribution in [-0.2, 0) is 6.54 Å². The van der Waals surface area contributed by atoms with Gasteiger partial charge in [0.05, 0.1) is 16.3 Å². The molecular formula is C21H21ClN4O. The molecule has 0 spiro atoms. The number of nitrogens with one attached hydrogen (secondary N) is 2. The largest absolute Gasteiger partial charge is 0.350 e. The number of carbonyl (C=O) groups excluding carboxylic acids is 1. The first-order valence-electron chi connectivity index (χ1n) is 8.62. The zero-order valence-electron chi connectivity index (χ0n) is 15.5. The van der Waals surface area contributed by atoms with E-state index in [1.165, 1.54) is 23.5 Å². The number of anilines is 2. The summed E-state index contributed by atoms with van der Waals surface area (Å²) in [5, 5.41) is 6.51. The maximum Gasteiger partial charge on any atom is 0.258 e. The van der Waals surface area contributed by atoms with Crippen LogP contribution in [0.4, 0.5) is 11.6 Å². The standard InChI is InChI=1S/C21H21ClN4O/c1-13-8-15(3)19(18(22)9-13)26-20(27)17-11-24-21(25-12-17)23-10-16-7-5-4-6-14(16)2/h4-9,11-12H,10H2,1-3H3,(H,26,27)(H,23,24,25). The van der Waals surface area contributed by atoms with Gasteiger partial charge in [-0.3, -0.25) is 4.79 Å². The maximum atomic E-state index is 12.5. The Balaban J connectivity index is 1.66. The van der Waals surface area contributed by atoms with Crippen LogP contribution in [0.1, 0.15) is 32.6 Å². The van der Waals surface area contributed by atoms with Gasteiger partial charge in [-0.15, -0.1) is 0 Å². The smallest absolute Gasteiger partial charge is 0.258 e. The molecule has 0 radical (unpaired) electrons. The molecule has 3 aromatic rings. The topological polar surface area (TPSA) is 66.9 Å². The number of hydrogen-bond donors (Lipinski definition) is 2. The molecule has 6 heteroatoms. The van der Waals surface area contributed by atoms with E-state index in [0.29, 0.717) is 28.8 Å². The molecule has 5 nitrogen and oxygen atoms in total. The molecule has 138 valence electrons. The van der Waals surface area contributed by atoms with E-state index >= 15 is 0 Å². The van der Waals surface area contributed by atoms with Crippen LogP contribution in [0.15, 0.2) is 48.8 Å². The first-order chi connectivity index (χ1) is 12.9. The van der Waals surface area contributed by atoms with Crippen molar-refractivity contribution in [2.45, 2.75) is 27.3 Å². The molecular weight excluding hydrogens is 360 g/mol. The van der Waals surface area contributed by atoms with Gasteiger partial charge in [-0.1, -0.05) is 41.9 Å². The number of aryl methyl sites for hydroxylation is 3. The van der Waals surface area contributed by atoms with Gasteiger partial charge in [0, 0.05) is 18.9 Å². The average molecular weight is 381 g/mol. The van der Waals surface area contributed by atoms with Gasteiger partial charge < -0.3 is 10.6 Å². The minimum atomic E-state index is -0.297. The Bertz CT molecular complexity index is 947. The van der Waals surface area contributed by atoms with Crippen LogP contribution in [0.2, 0.25) is 5.02 Å². The molecule has 0 saturated carbocycles. The van der Waals surface area contributed by atoms with E-state index in [1.54, 1.807) is 0 Å². The Morgan fingerprint density at radius 3 is 2.41 bits per heavy atom. The monoisotopic (exact) mass is 380 g/mol. The highest BCUT2D eigenvalue weighted by Crippen LogP contribution is 2.27. The fourth-order valence-corrected chi connectivity index (χ4v) is 3.15. The van der Waals surface area contributed by atoms with E-state index in [2.05, 4.69) is 39.7 Å². The minimum absolute atomic E-state index is 0.297. The van der Waals surface area contributed by atoms with Crippen LogP contribution in [0.3, 0.4) is 0 Å². The van der Waals surface area contributed by atoms with E-state index in [4.69, 9.17) is 11.6 Å². The number of rotatable bonds is 5. The van der Waals surface area contributed by atoms with E-state index in [0.717, 1.165) is 11.1 Å². The van der Waals surface area contributed by atoms with Crippen LogP contribution in [0.25, 0.3) is 0 Å². The lowest BCUT2D eigenvalue weighted by Gasteiger charge is -2.12. The van der Waals surface area contributed by atoms with Crippen molar-refractivity contribution < 1.29 is 4.79 Å². The van der Waals surface area contributed by atoms with Crippen molar-refractivity contribution in [3.63, 3.8) is 0 Å². The molecule has 0 saturated heterocycles. The van der Waals surface area contributed by atoms with Gasteiger partial charge in [-0.2, -0.15) is 0 Å². The van der Waals surface area contributed by atoms with Crippen LogP contribution >= 0.6 is 11.6 Å². The lowest BCUT2D eigenvalue weighted by atomic mass is 10.1. The summed E-state index contributed by atoms with van der Waals surface area (Å²) >= 11 is 6.25. The van der Waals surface area contributed by atoms with Crippen molar-refractivity contribution in [2.75, 3.05) is 10.6 Å². The molecule has 0 aliphatic heterocycles. The average Bonchev–Trinajstić information content (AvgIpc) is 2.64. The molecule has 0 fully saturated rings. The van der Waals surface area contributed by atoms with E-state index < -0.39 is 0 Å². The second-order valence-corrected chi connectivity index (χ2v) is 6.88. The first kappa shape index (κ1) is 18.9. The third-order valence-corrected chi connectivity index (χ3v) is 4.58. The van der Waals surface area contributed by atoms with Crippen molar-refractivity contribution >= 4 is 29.1 Å². The van der Waals surface area contributed by atoms with Crippen LogP contribution in [-0.4, -0.2) is 15.9 Å². The normalized spacial score (nSPS) is 10.5. The first-order valence-corrected chi connectivity index (χ1v) is 9.00. The number of aromatic nitrogens is 2. The fourth-order valence-electron chi connectivity index (χ4n) is 2.78. The molecule has 0 aliphatic rings. The SMILES string of the molecule is Cc1cc(C)c(NC(=O)c2cnc(NCc3ccccc3C)nc2)c(Cl)c1. The number of benzene rings is 2. The highest BCUT2D eigenvalue weighted by atomic mass is 35.5. The van der Waals surface area contributed by atoms with E-state index in [9.17, 15) is 4.79 Å².